The number of furan rings is 1. The molecule has 0 amide bonds. The second-order valence-electron chi connectivity index (χ2n) is 6.43. The maximum absolute atomic E-state index is 9.70. The molecule has 8 heteroatoms. The van der Waals surface area contributed by atoms with E-state index in [4.69, 9.17) is 38.1 Å². The van der Waals surface area contributed by atoms with Crippen LogP contribution >= 0.6 is 23.2 Å². The number of hydrogen-bond acceptors (Lipinski definition) is 5. The summed E-state index contributed by atoms with van der Waals surface area (Å²) in [5, 5.41) is 17.8. The summed E-state index contributed by atoms with van der Waals surface area (Å²) in [6.45, 7) is 2.07. The van der Waals surface area contributed by atoms with Gasteiger partial charge in [0.1, 0.15) is 23.2 Å². The lowest BCUT2D eigenvalue weighted by molar-refractivity contribution is 0.371. The second kappa shape index (κ2) is 7.27. The maximum atomic E-state index is 9.70. The predicted octanol–water partition coefficient (Wildman–Crippen LogP) is 5.15. The van der Waals surface area contributed by atoms with Crippen LogP contribution in [-0.4, -0.2) is 10.2 Å². The smallest absolute Gasteiger partial charge is 0.244 e. The van der Waals surface area contributed by atoms with E-state index < -0.39 is 5.92 Å². The van der Waals surface area contributed by atoms with Gasteiger partial charge >= 0.3 is 0 Å². The van der Waals surface area contributed by atoms with Crippen molar-refractivity contribution in [2.45, 2.75) is 25.7 Å². The molecule has 2 aromatic heterocycles. The quantitative estimate of drug-likeness (QED) is 0.614. The van der Waals surface area contributed by atoms with Gasteiger partial charge in [-0.3, -0.25) is 5.10 Å². The highest BCUT2D eigenvalue weighted by molar-refractivity contribution is 6.42. The van der Waals surface area contributed by atoms with Gasteiger partial charge in [-0.05, 0) is 36.8 Å². The second-order valence-corrected chi connectivity index (χ2v) is 7.24. The van der Waals surface area contributed by atoms with E-state index in [1.807, 2.05) is 18.2 Å². The first-order valence-corrected chi connectivity index (χ1v) is 9.49. The maximum Gasteiger partial charge on any atom is 0.244 e. The molecule has 0 unspecified atom stereocenters. The first-order chi connectivity index (χ1) is 13.5. The third kappa shape index (κ3) is 3.03. The van der Waals surface area contributed by atoms with E-state index in [0.29, 0.717) is 33.0 Å². The van der Waals surface area contributed by atoms with Crippen molar-refractivity contribution in [3.8, 4) is 23.3 Å². The molecule has 3 aromatic rings. The minimum atomic E-state index is -0.495. The van der Waals surface area contributed by atoms with Crippen molar-refractivity contribution in [2.24, 2.45) is 5.73 Å². The van der Waals surface area contributed by atoms with Crippen molar-refractivity contribution < 1.29 is 9.15 Å². The fourth-order valence-corrected chi connectivity index (χ4v) is 3.64. The van der Waals surface area contributed by atoms with Gasteiger partial charge in [0, 0.05) is 11.3 Å². The van der Waals surface area contributed by atoms with Crippen molar-refractivity contribution in [1.82, 2.24) is 10.2 Å². The number of rotatable bonds is 4. The summed E-state index contributed by atoms with van der Waals surface area (Å²) in [6, 6.07) is 11.1. The van der Waals surface area contributed by atoms with Crippen LogP contribution in [0.5, 0.6) is 5.88 Å². The molecule has 1 atom stereocenters. The number of H-pyrrole nitrogens is 1. The number of ether oxygens (including phenoxy) is 1. The third-order valence-corrected chi connectivity index (χ3v) is 5.37. The standard InChI is InChI=1S/C20H16Cl2N4O2/c1-2-3-14-18-17(11(9-23)19(24)28-20(18)26-25-14)16-7-6-15(27-16)10-4-5-12(21)13(22)8-10/h4-8,17H,2-3,24H2,1H3,(H,25,26)/t17-/m1/s1. The summed E-state index contributed by atoms with van der Waals surface area (Å²) < 4.78 is 11.7. The monoisotopic (exact) mass is 414 g/mol. The van der Waals surface area contributed by atoms with E-state index in [9.17, 15) is 5.26 Å². The topological polar surface area (TPSA) is 101 Å². The number of nitrogens with one attached hydrogen (secondary N) is 1. The van der Waals surface area contributed by atoms with E-state index in [1.54, 1.807) is 12.1 Å². The number of allylic oxidation sites excluding steroid dienone is 1. The molecule has 0 saturated heterocycles. The zero-order valence-electron chi connectivity index (χ0n) is 14.9. The summed E-state index contributed by atoms with van der Waals surface area (Å²) >= 11 is 12.1. The van der Waals surface area contributed by atoms with Crippen LogP contribution in [0.4, 0.5) is 0 Å². The zero-order chi connectivity index (χ0) is 19.8. The van der Waals surface area contributed by atoms with Gasteiger partial charge in [0.15, 0.2) is 0 Å². The third-order valence-electron chi connectivity index (χ3n) is 4.63. The molecule has 0 radical (unpaired) electrons. The van der Waals surface area contributed by atoms with E-state index >= 15 is 0 Å². The molecule has 6 nitrogen and oxygen atoms in total. The number of aryl methyl sites for hydroxylation is 1. The lowest BCUT2D eigenvalue weighted by atomic mass is 9.87. The number of benzene rings is 1. The van der Waals surface area contributed by atoms with Gasteiger partial charge in [0.05, 0.1) is 21.5 Å². The Balaban J connectivity index is 1.82. The van der Waals surface area contributed by atoms with Gasteiger partial charge in [0.2, 0.25) is 11.8 Å². The number of nitrogens with zero attached hydrogens (tertiary/aromatic N) is 2. The van der Waals surface area contributed by atoms with Crippen molar-refractivity contribution in [3.05, 3.63) is 68.9 Å². The summed E-state index contributed by atoms with van der Waals surface area (Å²) in [4.78, 5) is 0. The van der Waals surface area contributed by atoms with Crippen molar-refractivity contribution in [1.29, 1.82) is 5.26 Å². The lowest BCUT2D eigenvalue weighted by Crippen LogP contribution is -2.21. The Morgan fingerprint density at radius 1 is 1.25 bits per heavy atom. The fourth-order valence-electron chi connectivity index (χ4n) is 3.35. The van der Waals surface area contributed by atoms with Crippen LogP contribution in [0.15, 0.2) is 46.2 Å². The average Bonchev–Trinajstić information content (AvgIpc) is 3.31. The SMILES string of the molecule is CCCc1[nH]nc2c1[C@@H](c1ccc(-c3ccc(Cl)c(Cl)c3)o1)C(C#N)=C(N)O2. The predicted molar refractivity (Wildman–Crippen MR) is 106 cm³/mol. The van der Waals surface area contributed by atoms with Gasteiger partial charge in [-0.25, -0.2) is 0 Å². The molecule has 1 aliphatic heterocycles. The Bertz CT molecular complexity index is 1120. The average molecular weight is 415 g/mol. The van der Waals surface area contributed by atoms with Crippen molar-refractivity contribution >= 4 is 23.2 Å². The van der Waals surface area contributed by atoms with E-state index in [2.05, 4.69) is 23.2 Å². The molecule has 0 aliphatic carbocycles. The van der Waals surface area contributed by atoms with Gasteiger partial charge in [-0.2, -0.15) is 5.26 Å². The normalized spacial score (nSPS) is 15.9. The Labute approximate surface area is 171 Å². The van der Waals surface area contributed by atoms with Crippen molar-refractivity contribution in [3.63, 3.8) is 0 Å². The number of fused-ring (bicyclic) bond motifs is 1. The Morgan fingerprint density at radius 3 is 2.79 bits per heavy atom. The van der Waals surface area contributed by atoms with E-state index in [-0.39, 0.29) is 5.88 Å². The Morgan fingerprint density at radius 2 is 2.07 bits per heavy atom. The highest BCUT2D eigenvalue weighted by Crippen LogP contribution is 2.44. The summed E-state index contributed by atoms with van der Waals surface area (Å²) in [7, 11) is 0. The molecule has 0 saturated carbocycles. The zero-order valence-corrected chi connectivity index (χ0v) is 16.4. The molecule has 1 aliphatic rings. The van der Waals surface area contributed by atoms with Crippen LogP contribution in [0.1, 0.15) is 36.3 Å². The molecular weight excluding hydrogens is 399 g/mol. The van der Waals surface area contributed by atoms with Crippen LogP contribution in [0.2, 0.25) is 10.0 Å². The molecule has 0 spiro atoms. The molecule has 0 fully saturated rings. The first kappa shape index (κ1) is 18.5. The molecule has 0 bridgehead atoms. The number of nitrogens with two attached hydrogens (primary N) is 1. The number of nitriles is 1. The molecule has 142 valence electrons. The largest absolute Gasteiger partial charge is 0.460 e. The Hall–Kier alpha value is -2.88. The Kier molecular flexibility index (Phi) is 4.80. The highest BCUT2D eigenvalue weighted by Gasteiger charge is 2.37. The summed E-state index contributed by atoms with van der Waals surface area (Å²) in [6.07, 6.45) is 1.68. The number of aromatic amines is 1. The summed E-state index contributed by atoms with van der Waals surface area (Å²) in [5.41, 5.74) is 8.73. The van der Waals surface area contributed by atoms with Crippen LogP contribution in [0.25, 0.3) is 11.3 Å². The molecule has 3 heterocycles. The van der Waals surface area contributed by atoms with E-state index in [1.165, 1.54) is 0 Å². The number of aromatic nitrogens is 2. The van der Waals surface area contributed by atoms with Crippen LogP contribution < -0.4 is 10.5 Å². The van der Waals surface area contributed by atoms with Crippen molar-refractivity contribution in [2.75, 3.05) is 0 Å². The molecular formula is C20H16Cl2N4O2. The fraction of sp³-hybridized carbons (Fsp3) is 0.200. The molecule has 3 N–H and O–H groups in total. The van der Waals surface area contributed by atoms with E-state index in [0.717, 1.165) is 29.7 Å². The van der Waals surface area contributed by atoms with Crippen LogP contribution in [0, 0.1) is 11.3 Å². The lowest BCUT2D eigenvalue weighted by Gasteiger charge is -2.22. The minimum Gasteiger partial charge on any atom is -0.460 e. The van der Waals surface area contributed by atoms with Gasteiger partial charge in [-0.15, -0.1) is 5.10 Å². The molecule has 28 heavy (non-hydrogen) atoms. The van der Waals surface area contributed by atoms with Crippen LogP contribution in [-0.2, 0) is 6.42 Å². The van der Waals surface area contributed by atoms with Gasteiger partial charge in [0.25, 0.3) is 0 Å². The minimum absolute atomic E-state index is 0.0297. The molecule has 1 aromatic carbocycles. The first-order valence-electron chi connectivity index (χ1n) is 8.73. The number of halogens is 2. The number of hydrogen-bond donors (Lipinski definition) is 2. The molecule has 4 rings (SSSR count). The van der Waals surface area contributed by atoms with Gasteiger partial charge in [-0.1, -0.05) is 36.5 Å². The summed E-state index contributed by atoms with van der Waals surface area (Å²) in [5.74, 6) is 1.09. The van der Waals surface area contributed by atoms with Crippen LogP contribution in [0.3, 0.4) is 0 Å². The van der Waals surface area contributed by atoms with Gasteiger partial charge < -0.3 is 14.9 Å². The highest BCUT2D eigenvalue weighted by atomic mass is 35.5.